The number of pyridine rings is 1. The molecule has 0 atom stereocenters. The van der Waals surface area contributed by atoms with E-state index in [0.29, 0.717) is 11.4 Å². The van der Waals surface area contributed by atoms with E-state index in [-0.39, 0.29) is 0 Å². The third-order valence-corrected chi connectivity index (χ3v) is 3.87. The van der Waals surface area contributed by atoms with Gasteiger partial charge in [0.1, 0.15) is 11.5 Å². The number of fused-ring (bicyclic) bond motifs is 3. The molecule has 2 aromatic carbocycles. The highest BCUT2D eigenvalue weighted by Gasteiger charge is 2.16. The van der Waals surface area contributed by atoms with Crippen molar-refractivity contribution in [3.63, 3.8) is 0 Å². The van der Waals surface area contributed by atoms with Crippen LogP contribution in [0.2, 0.25) is 0 Å². The number of ether oxygens (including phenoxy) is 2. The number of benzene rings is 2. The molecule has 4 rings (SSSR count). The van der Waals surface area contributed by atoms with Crippen LogP contribution in [0.4, 0.5) is 0 Å². The summed E-state index contributed by atoms with van der Waals surface area (Å²) >= 11 is 0. The Morgan fingerprint density at radius 3 is 2.57 bits per heavy atom. The first-order valence-electron chi connectivity index (χ1n) is 7.13. The molecule has 0 aliphatic carbocycles. The number of nitrogens with zero attached hydrogens (tertiary/aromatic N) is 4. The highest BCUT2D eigenvalue weighted by molar-refractivity contribution is 6.07. The molecule has 0 N–H and O–H groups in total. The zero-order valence-electron chi connectivity index (χ0n) is 12.7. The van der Waals surface area contributed by atoms with Crippen LogP contribution < -0.4 is 9.47 Å². The zero-order chi connectivity index (χ0) is 15.8. The number of hydrogen-bond donors (Lipinski definition) is 0. The van der Waals surface area contributed by atoms with Gasteiger partial charge in [0.25, 0.3) is 0 Å². The fraction of sp³-hybridized carbons (Fsp3) is 0.118. The second-order valence-corrected chi connectivity index (χ2v) is 5.11. The standard InChI is InChI=1S/C17H14N4O2/c1-22-12-8-13-16(15(9-12)23-2)14(11-6-4-3-5-7-11)10-21-17(13)18-19-20-21/h3-10H,1-2H3. The maximum atomic E-state index is 5.60. The second kappa shape index (κ2) is 5.24. The van der Waals surface area contributed by atoms with Crippen LogP contribution in [0.3, 0.4) is 0 Å². The summed E-state index contributed by atoms with van der Waals surface area (Å²) in [6.45, 7) is 0. The molecule has 0 fully saturated rings. The van der Waals surface area contributed by atoms with Gasteiger partial charge in [0.05, 0.1) is 14.2 Å². The molecule has 0 spiro atoms. The fourth-order valence-electron chi connectivity index (χ4n) is 2.80. The maximum Gasteiger partial charge on any atom is 0.187 e. The summed E-state index contributed by atoms with van der Waals surface area (Å²) in [7, 11) is 3.27. The second-order valence-electron chi connectivity index (χ2n) is 5.11. The normalized spacial score (nSPS) is 11.0. The van der Waals surface area contributed by atoms with E-state index in [9.17, 15) is 0 Å². The van der Waals surface area contributed by atoms with Gasteiger partial charge in [-0.15, -0.1) is 5.10 Å². The van der Waals surface area contributed by atoms with Gasteiger partial charge in [0.15, 0.2) is 5.65 Å². The number of aromatic nitrogens is 4. The maximum absolute atomic E-state index is 5.60. The molecule has 6 nitrogen and oxygen atoms in total. The Hall–Kier alpha value is -3.15. The van der Waals surface area contributed by atoms with Gasteiger partial charge in [-0.25, -0.2) is 0 Å². The Morgan fingerprint density at radius 1 is 1.00 bits per heavy atom. The molecule has 114 valence electrons. The van der Waals surface area contributed by atoms with Crippen LogP contribution in [0.5, 0.6) is 11.5 Å². The minimum Gasteiger partial charge on any atom is -0.497 e. The molecular formula is C17H14N4O2. The van der Waals surface area contributed by atoms with Gasteiger partial charge < -0.3 is 9.47 Å². The largest absolute Gasteiger partial charge is 0.497 e. The molecule has 0 aliphatic heterocycles. The predicted molar refractivity (Wildman–Crippen MR) is 86.8 cm³/mol. The van der Waals surface area contributed by atoms with E-state index in [2.05, 4.69) is 27.7 Å². The quantitative estimate of drug-likeness (QED) is 0.582. The third-order valence-electron chi connectivity index (χ3n) is 3.87. The van der Waals surface area contributed by atoms with Crippen molar-refractivity contribution in [1.29, 1.82) is 0 Å². The molecule has 0 bridgehead atoms. The van der Waals surface area contributed by atoms with Crippen LogP contribution in [-0.2, 0) is 0 Å². The molecule has 4 aromatic rings. The average Bonchev–Trinajstić information content (AvgIpc) is 3.09. The zero-order valence-corrected chi connectivity index (χ0v) is 12.7. The van der Waals surface area contributed by atoms with E-state index < -0.39 is 0 Å². The molecule has 0 saturated carbocycles. The lowest BCUT2D eigenvalue weighted by molar-refractivity contribution is 0.398. The highest BCUT2D eigenvalue weighted by Crippen LogP contribution is 2.39. The lowest BCUT2D eigenvalue weighted by atomic mass is 9.99. The van der Waals surface area contributed by atoms with E-state index in [4.69, 9.17) is 9.47 Å². The number of methoxy groups -OCH3 is 2. The van der Waals surface area contributed by atoms with Crippen LogP contribution in [0.1, 0.15) is 0 Å². The molecule has 0 saturated heterocycles. The summed E-state index contributed by atoms with van der Waals surface area (Å²) in [4.78, 5) is 0. The van der Waals surface area contributed by atoms with Crippen LogP contribution in [0.25, 0.3) is 27.5 Å². The Balaban J connectivity index is 2.20. The van der Waals surface area contributed by atoms with Crippen molar-refractivity contribution in [2.75, 3.05) is 14.2 Å². The first kappa shape index (κ1) is 13.5. The molecular weight excluding hydrogens is 292 g/mol. The minimum absolute atomic E-state index is 0.664. The fourth-order valence-corrected chi connectivity index (χ4v) is 2.80. The topological polar surface area (TPSA) is 61.5 Å². The predicted octanol–water partition coefficient (Wildman–Crippen LogP) is 2.96. The van der Waals surface area contributed by atoms with Crippen LogP contribution >= 0.6 is 0 Å². The van der Waals surface area contributed by atoms with Gasteiger partial charge in [0, 0.05) is 28.6 Å². The lowest BCUT2D eigenvalue weighted by Gasteiger charge is -2.13. The Bertz CT molecular complexity index is 996. The summed E-state index contributed by atoms with van der Waals surface area (Å²) in [6.07, 6.45) is 1.92. The number of hydrogen-bond acceptors (Lipinski definition) is 5. The van der Waals surface area contributed by atoms with Gasteiger partial charge >= 0.3 is 0 Å². The molecule has 0 radical (unpaired) electrons. The van der Waals surface area contributed by atoms with Crippen molar-refractivity contribution in [3.05, 3.63) is 48.7 Å². The van der Waals surface area contributed by atoms with E-state index in [0.717, 1.165) is 27.6 Å². The van der Waals surface area contributed by atoms with E-state index in [1.54, 1.807) is 18.7 Å². The summed E-state index contributed by atoms with van der Waals surface area (Å²) in [5, 5.41) is 13.8. The molecule has 0 unspecified atom stereocenters. The molecule has 0 amide bonds. The monoisotopic (exact) mass is 306 g/mol. The van der Waals surface area contributed by atoms with Crippen LogP contribution in [0, 0.1) is 0 Å². The Morgan fingerprint density at radius 2 is 1.83 bits per heavy atom. The van der Waals surface area contributed by atoms with Crippen LogP contribution in [-0.4, -0.2) is 34.3 Å². The third kappa shape index (κ3) is 2.07. The van der Waals surface area contributed by atoms with Gasteiger partial charge in [-0.2, -0.15) is 4.52 Å². The van der Waals surface area contributed by atoms with Crippen molar-refractivity contribution in [3.8, 4) is 22.6 Å². The van der Waals surface area contributed by atoms with Crippen molar-refractivity contribution in [2.24, 2.45) is 0 Å². The van der Waals surface area contributed by atoms with Crippen molar-refractivity contribution >= 4 is 16.4 Å². The van der Waals surface area contributed by atoms with Crippen LogP contribution in [0.15, 0.2) is 48.7 Å². The summed E-state index contributed by atoms with van der Waals surface area (Å²) in [6, 6.07) is 13.9. The number of tetrazole rings is 1. The molecule has 0 aliphatic rings. The molecule has 23 heavy (non-hydrogen) atoms. The first-order chi connectivity index (χ1) is 11.3. The number of rotatable bonds is 3. The minimum atomic E-state index is 0.664. The highest BCUT2D eigenvalue weighted by atomic mass is 16.5. The lowest BCUT2D eigenvalue weighted by Crippen LogP contribution is -1.96. The molecule has 2 aromatic heterocycles. The molecule has 6 heteroatoms. The van der Waals surface area contributed by atoms with Gasteiger partial charge in [-0.05, 0) is 22.1 Å². The molecule has 2 heterocycles. The Labute approximate surface area is 132 Å². The van der Waals surface area contributed by atoms with Crippen molar-refractivity contribution < 1.29 is 9.47 Å². The van der Waals surface area contributed by atoms with E-state index in [1.807, 2.05) is 36.5 Å². The average molecular weight is 306 g/mol. The summed E-state index contributed by atoms with van der Waals surface area (Å²) < 4.78 is 12.6. The summed E-state index contributed by atoms with van der Waals surface area (Å²) in [5.74, 6) is 1.42. The van der Waals surface area contributed by atoms with E-state index in [1.165, 1.54) is 0 Å². The van der Waals surface area contributed by atoms with Crippen molar-refractivity contribution in [2.45, 2.75) is 0 Å². The van der Waals surface area contributed by atoms with Gasteiger partial charge in [-0.1, -0.05) is 30.3 Å². The van der Waals surface area contributed by atoms with E-state index >= 15 is 0 Å². The smallest absolute Gasteiger partial charge is 0.187 e. The van der Waals surface area contributed by atoms with Gasteiger partial charge in [0.2, 0.25) is 0 Å². The van der Waals surface area contributed by atoms with Crippen molar-refractivity contribution in [1.82, 2.24) is 20.0 Å². The SMILES string of the molecule is COc1cc(OC)c2c(-c3ccccc3)cn3nnnc3c2c1. The van der Waals surface area contributed by atoms with Gasteiger partial charge in [-0.3, -0.25) is 0 Å². The Kier molecular flexibility index (Phi) is 3.08. The summed E-state index contributed by atoms with van der Waals surface area (Å²) in [5.41, 5.74) is 2.73. The first-order valence-corrected chi connectivity index (χ1v) is 7.13.